The Hall–Kier alpha value is -3.00. The molecule has 33 heavy (non-hydrogen) atoms. The van der Waals surface area contributed by atoms with Gasteiger partial charge in [0, 0.05) is 12.6 Å². The van der Waals surface area contributed by atoms with Crippen LogP contribution < -0.4 is 10.9 Å². The molecule has 1 atom stereocenters. The number of aryl methyl sites for hydroxylation is 2. The first-order chi connectivity index (χ1) is 16.0. The van der Waals surface area contributed by atoms with Crippen molar-refractivity contribution in [1.29, 1.82) is 0 Å². The Morgan fingerprint density at radius 1 is 1.06 bits per heavy atom. The second-order valence-electron chi connectivity index (χ2n) is 9.04. The Morgan fingerprint density at radius 2 is 1.76 bits per heavy atom. The highest BCUT2D eigenvalue weighted by atomic mass is 16.2. The van der Waals surface area contributed by atoms with Gasteiger partial charge in [0.15, 0.2) is 0 Å². The molecule has 1 aliphatic heterocycles. The number of carbonyl (C=O) groups excluding carboxylic acids is 1. The predicted octanol–water partition coefficient (Wildman–Crippen LogP) is 2.97. The van der Waals surface area contributed by atoms with Crippen molar-refractivity contribution >= 4 is 16.8 Å². The molecule has 0 radical (unpaired) electrons. The van der Waals surface area contributed by atoms with Crippen LogP contribution in [0.4, 0.5) is 0 Å². The van der Waals surface area contributed by atoms with Crippen molar-refractivity contribution in [2.24, 2.45) is 0 Å². The van der Waals surface area contributed by atoms with Crippen molar-refractivity contribution in [3.8, 4) is 5.69 Å². The average Bonchev–Trinajstić information content (AvgIpc) is 2.98. The molecule has 0 bridgehead atoms. The molecular formula is C25H34N6O2. The third-order valence-electron chi connectivity index (χ3n) is 6.62. The van der Waals surface area contributed by atoms with E-state index in [9.17, 15) is 9.59 Å². The van der Waals surface area contributed by atoms with Crippen LogP contribution in [0, 0.1) is 13.8 Å². The van der Waals surface area contributed by atoms with Crippen LogP contribution in [0.15, 0.2) is 35.1 Å². The third-order valence-corrected chi connectivity index (χ3v) is 6.62. The lowest BCUT2D eigenvalue weighted by atomic mass is 10.2. The van der Waals surface area contributed by atoms with Crippen LogP contribution in [0.5, 0.6) is 0 Å². The molecule has 176 valence electrons. The molecule has 1 aliphatic rings. The Balaban J connectivity index is 1.44. The van der Waals surface area contributed by atoms with E-state index in [1.807, 2.05) is 44.2 Å². The molecule has 8 nitrogen and oxygen atoms in total. The SMILES string of the molecule is Cc1nn(CC(=O)NCC[C@@H](C)N2CCCCCC2)c(=O)c2c(C)n(-c3ccccc3)nc12. The molecule has 2 aromatic heterocycles. The number of hydrogen-bond acceptors (Lipinski definition) is 5. The minimum Gasteiger partial charge on any atom is -0.354 e. The number of para-hydroxylation sites is 1. The van der Waals surface area contributed by atoms with Gasteiger partial charge in [-0.3, -0.25) is 9.59 Å². The van der Waals surface area contributed by atoms with E-state index in [0.717, 1.165) is 30.9 Å². The summed E-state index contributed by atoms with van der Waals surface area (Å²) in [5.74, 6) is -0.195. The molecular weight excluding hydrogens is 416 g/mol. The Morgan fingerprint density at radius 3 is 2.45 bits per heavy atom. The summed E-state index contributed by atoms with van der Waals surface area (Å²) in [7, 11) is 0. The summed E-state index contributed by atoms with van der Waals surface area (Å²) < 4.78 is 3.02. The van der Waals surface area contributed by atoms with Gasteiger partial charge in [0.1, 0.15) is 12.1 Å². The minimum absolute atomic E-state index is 0.0936. The van der Waals surface area contributed by atoms with Crippen molar-refractivity contribution < 1.29 is 4.79 Å². The Labute approximate surface area is 194 Å². The summed E-state index contributed by atoms with van der Waals surface area (Å²) >= 11 is 0. The van der Waals surface area contributed by atoms with Gasteiger partial charge < -0.3 is 10.2 Å². The molecule has 1 fully saturated rings. The molecule has 0 saturated carbocycles. The molecule has 0 unspecified atom stereocenters. The van der Waals surface area contributed by atoms with E-state index in [-0.39, 0.29) is 18.0 Å². The van der Waals surface area contributed by atoms with Gasteiger partial charge in [0.2, 0.25) is 5.91 Å². The van der Waals surface area contributed by atoms with E-state index in [4.69, 9.17) is 0 Å². The number of rotatable bonds is 7. The molecule has 8 heteroatoms. The summed E-state index contributed by atoms with van der Waals surface area (Å²) in [4.78, 5) is 28.3. The van der Waals surface area contributed by atoms with E-state index in [2.05, 4.69) is 27.3 Å². The first-order valence-corrected chi connectivity index (χ1v) is 12.0. The second-order valence-corrected chi connectivity index (χ2v) is 9.04. The quantitative estimate of drug-likeness (QED) is 0.598. The maximum absolute atomic E-state index is 13.2. The van der Waals surface area contributed by atoms with Crippen LogP contribution >= 0.6 is 0 Å². The van der Waals surface area contributed by atoms with E-state index >= 15 is 0 Å². The van der Waals surface area contributed by atoms with Crippen molar-refractivity contribution in [1.82, 2.24) is 29.8 Å². The first kappa shape index (κ1) is 23.2. The van der Waals surface area contributed by atoms with Gasteiger partial charge in [-0.25, -0.2) is 9.36 Å². The second kappa shape index (κ2) is 10.3. The van der Waals surface area contributed by atoms with Gasteiger partial charge in [-0.2, -0.15) is 10.2 Å². The van der Waals surface area contributed by atoms with Gasteiger partial charge >= 0.3 is 0 Å². The van der Waals surface area contributed by atoms with Crippen molar-refractivity contribution in [2.75, 3.05) is 19.6 Å². The fraction of sp³-hybridized carbons (Fsp3) is 0.520. The zero-order chi connectivity index (χ0) is 23.4. The normalized spacial score (nSPS) is 16.0. The van der Waals surface area contributed by atoms with E-state index < -0.39 is 0 Å². The van der Waals surface area contributed by atoms with E-state index in [1.165, 1.54) is 30.4 Å². The van der Waals surface area contributed by atoms with Crippen LogP contribution in [0.3, 0.4) is 0 Å². The molecule has 1 saturated heterocycles. The minimum atomic E-state index is -0.289. The summed E-state index contributed by atoms with van der Waals surface area (Å²) in [5.41, 5.74) is 2.54. The maximum Gasteiger partial charge on any atom is 0.278 e. The molecule has 4 rings (SSSR count). The molecule has 3 heterocycles. The lowest BCUT2D eigenvalue weighted by Crippen LogP contribution is -2.38. The number of amides is 1. The number of aromatic nitrogens is 4. The third kappa shape index (κ3) is 5.16. The monoisotopic (exact) mass is 450 g/mol. The smallest absolute Gasteiger partial charge is 0.278 e. The zero-order valence-electron chi connectivity index (χ0n) is 19.9. The van der Waals surface area contributed by atoms with E-state index in [0.29, 0.717) is 29.2 Å². The molecule has 1 aromatic carbocycles. The number of benzene rings is 1. The van der Waals surface area contributed by atoms with Crippen molar-refractivity contribution in [3.05, 3.63) is 52.1 Å². The predicted molar refractivity (Wildman–Crippen MR) is 130 cm³/mol. The largest absolute Gasteiger partial charge is 0.354 e. The zero-order valence-corrected chi connectivity index (χ0v) is 19.9. The first-order valence-electron chi connectivity index (χ1n) is 12.0. The van der Waals surface area contributed by atoms with Crippen molar-refractivity contribution in [2.45, 2.75) is 65.5 Å². The molecule has 0 aliphatic carbocycles. The average molecular weight is 451 g/mol. The summed E-state index contributed by atoms with van der Waals surface area (Å²) in [5, 5.41) is 12.5. The highest BCUT2D eigenvalue weighted by Crippen LogP contribution is 2.19. The highest BCUT2D eigenvalue weighted by Gasteiger charge is 2.19. The topological polar surface area (TPSA) is 85.0 Å². The lowest BCUT2D eigenvalue weighted by molar-refractivity contribution is -0.121. The number of fused-ring (bicyclic) bond motifs is 1. The van der Waals surface area contributed by atoms with Crippen molar-refractivity contribution in [3.63, 3.8) is 0 Å². The standard InChI is InChI=1S/C25H34N6O2/c1-18(29-15-9-4-5-10-16-29)13-14-26-22(32)17-30-25(33)23-20(3)31(21-11-7-6-8-12-21)28-24(23)19(2)27-30/h6-8,11-12,18H,4-5,9-10,13-17H2,1-3H3,(H,26,32)/t18-/m1/s1. The molecule has 0 spiro atoms. The van der Waals surface area contributed by atoms with Crippen LogP contribution in [-0.4, -0.2) is 56.0 Å². The van der Waals surface area contributed by atoms with Crippen LogP contribution in [0.2, 0.25) is 0 Å². The van der Waals surface area contributed by atoms with Gasteiger partial charge in [0.25, 0.3) is 5.56 Å². The number of nitrogens with zero attached hydrogens (tertiary/aromatic N) is 5. The number of carbonyl (C=O) groups is 1. The summed E-state index contributed by atoms with van der Waals surface area (Å²) in [6, 6.07) is 10.1. The molecule has 1 amide bonds. The van der Waals surface area contributed by atoms with Gasteiger partial charge in [-0.05, 0) is 65.3 Å². The Bertz CT molecular complexity index is 1160. The van der Waals surface area contributed by atoms with Gasteiger partial charge in [-0.15, -0.1) is 0 Å². The summed E-state index contributed by atoms with van der Waals surface area (Å²) in [6.07, 6.45) is 6.04. The van der Waals surface area contributed by atoms with Crippen LogP contribution in [-0.2, 0) is 11.3 Å². The molecule has 1 N–H and O–H groups in total. The fourth-order valence-electron chi connectivity index (χ4n) is 4.67. The van der Waals surface area contributed by atoms with Crippen LogP contribution in [0.25, 0.3) is 16.6 Å². The number of likely N-dealkylation sites (tertiary alicyclic amines) is 1. The lowest BCUT2D eigenvalue weighted by Gasteiger charge is -2.27. The van der Waals surface area contributed by atoms with Gasteiger partial charge in [-0.1, -0.05) is 31.0 Å². The van der Waals surface area contributed by atoms with Gasteiger partial charge in [0.05, 0.1) is 22.5 Å². The number of nitrogens with one attached hydrogen (secondary N) is 1. The highest BCUT2D eigenvalue weighted by molar-refractivity contribution is 5.83. The molecule has 3 aromatic rings. The maximum atomic E-state index is 13.2. The fourth-order valence-corrected chi connectivity index (χ4v) is 4.67. The Kier molecular flexibility index (Phi) is 7.23. The van der Waals surface area contributed by atoms with Crippen LogP contribution in [0.1, 0.15) is 50.4 Å². The van der Waals surface area contributed by atoms with E-state index in [1.54, 1.807) is 4.68 Å². The number of hydrogen-bond donors (Lipinski definition) is 1. The summed E-state index contributed by atoms with van der Waals surface area (Å²) in [6.45, 7) is 8.71.